The minimum atomic E-state index is -0.956. The summed E-state index contributed by atoms with van der Waals surface area (Å²) in [5.41, 5.74) is 1.89. The molecule has 0 aliphatic heterocycles. The maximum Gasteiger partial charge on any atom is 0.222 e. The standard InChI is InChI=1S/C43H72FNO3/c1-4-6-8-10-12-13-14-15-19-23-40(48)45(28-20-16-11-9-7-5-2)29-21-17-18-22-33-30-34-31-35(46)24-25-36(34)42-38(44)32-43(3)37(41(33)42)26-27-39(43)47/h24-25,31,33,37-39,41-42,46-47H,4-23,26-30,32H2,1-3H3/t33?,37?,38?,39?,41?,42?,43-/m0/s1. The topological polar surface area (TPSA) is 60.8 Å². The van der Waals surface area contributed by atoms with E-state index in [1.165, 1.54) is 83.5 Å². The lowest BCUT2D eigenvalue weighted by molar-refractivity contribution is -0.131. The molecule has 2 N–H and O–H groups in total. The fraction of sp³-hybridized carbons (Fsp3) is 0.837. The lowest BCUT2D eigenvalue weighted by atomic mass is 9.51. The van der Waals surface area contributed by atoms with Gasteiger partial charge in [-0.25, -0.2) is 4.39 Å². The van der Waals surface area contributed by atoms with Crippen molar-refractivity contribution in [2.45, 2.75) is 193 Å². The molecule has 1 aromatic carbocycles. The van der Waals surface area contributed by atoms with Gasteiger partial charge >= 0.3 is 0 Å². The zero-order valence-electron chi connectivity index (χ0n) is 31.2. The maximum atomic E-state index is 16.1. The summed E-state index contributed by atoms with van der Waals surface area (Å²) >= 11 is 0. The van der Waals surface area contributed by atoms with Crippen molar-refractivity contribution < 1.29 is 19.4 Å². The highest BCUT2D eigenvalue weighted by Gasteiger charge is 2.59. The Morgan fingerprint density at radius 1 is 0.833 bits per heavy atom. The first kappa shape index (κ1) is 39.2. The summed E-state index contributed by atoms with van der Waals surface area (Å²) < 4.78 is 16.1. The number of rotatable bonds is 23. The van der Waals surface area contributed by atoms with Gasteiger partial charge in [0.15, 0.2) is 0 Å². The van der Waals surface area contributed by atoms with Crippen molar-refractivity contribution in [1.82, 2.24) is 4.90 Å². The van der Waals surface area contributed by atoms with Gasteiger partial charge in [0.25, 0.3) is 0 Å². The number of phenols is 1. The molecule has 274 valence electrons. The molecule has 6 unspecified atom stereocenters. The number of aliphatic hydroxyl groups excluding tert-OH is 1. The molecule has 5 heteroatoms. The normalized spacial score (nSPS) is 27.8. The number of hydrogen-bond donors (Lipinski definition) is 2. The molecule has 0 bridgehead atoms. The third kappa shape index (κ3) is 10.7. The molecule has 2 fully saturated rings. The van der Waals surface area contributed by atoms with E-state index in [1.54, 1.807) is 6.07 Å². The van der Waals surface area contributed by atoms with Gasteiger partial charge < -0.3 is 15.1 Å². The maximum absolute atomic E-state index is 16.1. The van der Waals surface area contributed by atoms with E-state index in [0.29, 0.717) is 30.6 Å². The molecular weight excluding hydrogens is 597 g/mol. The number of aliphatic hydroxyl groups is 1. The molecule has 0 spiro atoms. The van der Waals surface area contributed by atoms with Crippen LogP contribution in [-0.4, -0.2) is 46.4 Å². The summed E-state index contributed by atoms with van der Waals surface area (Å²) in [5.74, 6) is 1.46. The number of unbranched alkanes of at least 4 members (excludes halogenated alkanes) is 15. The summed E-state index contributed by atoms with van der Waals surface area (Å²) in [6.07, 6.45) is 25.6. The highest BCUT2D eigenvalue weighted by molar-refractivity contribution is 5.76. The third-order valence-corrected chi connectivity index (χ3v) is 12.9. The Hall–Kier alpha value is -1.62. The van der Waals surface area contributed by atoms with Gasteiger partial charge in [0.1, 0.15) is 11.9 Å². The Labute approximate surface area is 294 Å². The predicted octanol–water partition coefficient (Wildman–Crippen LogP) is 11.5. The second-order valence-electron chi connectivity index (χ2n) is 16.5. The van der Waals surface area contributed by atoms with Crippen LogP contribution in [0.15, 0.2) is 18.2 Å². The van der Waals surface area contributed by atoms with E-state index in [-0.39, 0.29) is 23.0 Å². The fourth-order valence-electron chi connectivity index (χ4n) is 10.1. The van der Waals surface area contributed by atoms with Gasteiger partial charge in [-0.2, -0.15) is 0 Å². The number of phenolic OH excluding ortho intramolecular Hbond substituents is 1. The molecule has 0 heterocycles. The Balaban J connectivity index is 1.27. The number of amides is 1. The van der Waals surface area contributed by atoms with Crippen molar-refractivity contribution in [3.63, 3.8) is 0 Å². The number of carbonyl (C=O) groups is 1. The Morgan fingerprint density at radius 2 is 1.42 bits per heavy atom. The summed E-state index contributed by atoms with van der Waals surface area (Å²) in [7, 11) is 0. The van der Waals surface area contributed by atoms with Crippen LogP contribution in [0, 0.1) is 23.2 Å². The average Bonchev–Trinajstić information content (AvgIpc) is 3.36. The van der Waals surface area contributed by atoms with Crippen LogP contribution in [-0.2, 0) is 11.2 Å². The highest BCUT2D eigenvalue weighted by atomic mass is 19.1. The van der Waals surface area contributed by atoms with Gasteiger partial charge in [-0.05, 0) is 97.8 Å². The molecule has 0 saturated heterocycles. The molecule has 4 nitrogen and oxygen atoms in total. The highest BCUT2D eigenvalue weighted by Crippen LogP contribution is 2.63. The van der Waals surface area contributed by atoms with Crippen molar-refractivity contribution in [3.8, 4) is 5.75 Å². The van der Waals surface area contributed by atoms with Gasteiger partial charge in [-0.15, -0.1) is 0 Å². The van der Waals surface area contributed by atoms with E-state index < -0.39 is 12.3 Å². The molecule has 3 aliphatic rings. The zero-order chi connectivity index (χ0) is 34.4. The van der Waals surface area contributed by atoms with E-state index in [4.69, 9.17) is 0 Å². The first-order valence-electron chi connectivity index (χ1n) is 20.7. The van der Waals surface area contributed by atoms with Crippen molar-refractivity contribution in [2.24, 2.45) is 23.2 Å². The van der Waals surface area contributed by atoms with Crippen LogP contribution < -0.4 is 0 Å². The summed E-state index contributed by atoms with van der Waals surface area (Å²) in [6, 6.07) is 5.58. The van der Waals surface area contributed by atoms with E-state index >= 15 is 4.39 Å². The predicted molar refractivity (Wildman–Crippen MR) is 198 cm³/mol. The van der Waals surface area contributed by atoms with Gasteiger partial charge in [0, 0.05) is 25.4 Å². The quantitative estimate of drug-likeness (QED) is 0.114. The van der Waals surface area contributed by atoms with E-state index in [0.717, 1.165) is 82.0 Å². The van der Waals surface area contributed by atoms with Crippen LogP contribution in [0.1, 0.15) is 185 Å². The van der Waals surface area contributed by atoms with Crippen LogP contribution in [0.25, 0.3) is 0 Å². The van der Waals surface area contributed by atoms with Crippen molar-refractivity contribution in [3.05, 3.63) is 29.3 Å². The monoisotopic (exact) mass is 670 g/mol. The largest absolute Gasteiger partial charge is 0.508 e. The molecule has 0 aromatic heterocycles. The average molecular weight is 670 g/mol. The number of alkyl halides is 1. The first-order chi connectivity index (χ1) is 23.3. The Kier molecular flexibility index (Phi) is 16.6. The molecule has 3 aliphatic carbocycles. The number of carbonyl (C=O) groups excluding carboxylic acids is 1. The third-order valence-electron chi connectivity index (χ3n) is 12.9. The van der Waals surface area contributed by atoms with Crippen LogP contribution in [0.3, 0.4) is 0 Å². The number of nitrogens with zero attached hydrogens (tertiary/aromatic N) is 1. The summed E-state index contributed by atoms with van der Waals surface area (Å²) in [4.78, 5) is 15.6. The summed E-state index contributed by atoms with van der Waals surface area (Å²) in [6.45, 7) is 8.42. The number of benzene rings is 1. The Bertz CT molecular complexity index is 1080. The summed E-state index contributed by atoms with van der Waals surface area (Å²) in [5, 5.41) is 21.3. The van der Waals surface area contributed by atoms with Crippen LogP contribution >= 0.6 is 0 Å². The Morgan fingerprint density at radius 3 is 2.06 bits per heavy atom. The fourth-order valence-corrected chi connectivity index (χ4v) is 10.1. The number of halogens is 1. The van der Waals surface area contributed by atoms with E-state index in [1.807, 2.05) is 12.1 Å². The van der Waals surface area contributed by atoms with E-state index in [9.17, 15) is 15.0 Å². The molecule has 1 amide bonds. The van der Waals surface area contributed by atoms with Gasteiger partial charge in [0.2, 0.25) is 5.91 Å². The van der Waals surface area contributed by atoms with Gasteiger partial charge in [-0.1, -0.05) is 123 Å². The molecule has 1 aromatic rings. The van der Waals surface area contributed by atoms with E-state index in [2.05, 4.69) is 25.7 Å². The van der Waals surface area contributed by atoms with Crippen LogP contribution in [0.2, 0.25) is 0 Å². The SMILES string of the molecule is CCCCCCCCCCCC(=O)N(CCCCCCCC)CCCCCC1Cc2cc(O)ccc2C2C(F)C[C@]3(C)C(O)CCC3C12. The minimum absolute atomic E-state index is 0.130. The van der Waals surface area contributed by atoms with Crippen molar-refractivity contribution in [1.29, 1.82) is 0 Å². The second kappa shape index (κ2) is 20.3. The molecule has 7 atom stereocenters. The smallest absolute Gasteiger partial charge is 0.222 e. The van der Waals surface area contributed by atoms with Crippen molar-refractivity contribution in [2.75, 3.05) is 13.1 Å². The van der Waals surface area contributed by atoms with Gasteiger partial charge in [-0.3, -0.25) is 4.79 Å². The van der Waals surface area contributed by atoms with Crippen LogP contribution in [0.5, 0.6) is 5.75 Å². The van der Waals surface area contributed by atoms with Gasteiger partial charge in [0.05, 0.1) is 6.10 Å². The lowest BCUT2D eigenvalue weighted by Gasteiger charge is -2.54. The first-order valence-corrected chi connectivity index (χ1v) is 20.7. The van der Waals surface area contributed by atoms with Crippen LogP contribution in [0.4, 0.5) is 4.39 Å². The molecule has 48 heavy (non-hydrogen) atoms. The molecular formula is C43H72FNO3. The number of fused-ring (bicyclic) bond motifs is 5. The minimum Gasteiger partial charge on any atom is -0.508 e. The molecule has 0 radical (unpaired) electrons. The zero-order valence-corrected chi connectivity index (χ0v) is 31.2. The lowest BCUT2D eigenvalue weighted by Crippen LogP contribution is -2.51. The number of aromatic hydroxyl groups is 1. The van der Waals surface area contributed by atoms with Crippen molar-refractivity contribution >= 4 is 5.91 Å². The molecule has 2 saturated carbocycles. The molecule has 4 rings (SSSR count). The number of hydrogen-bond acceptors (Lipinski definition) is 3. The second-order valence-corrected chi connectivity index (χ2v) is 16.5.